The molecule has 0 unspecified atom stereocenters. The molecule has 1 saturated heterocycles. The number of benzene rings is 1. The first-order chi connectivity index (χ1) is 8.63. The van der Waals surface area contributed by atoms with Crippen LogP contribution in [-0.4, -0.2) is 42.1 Å². The number of nitrogens with zero attached hydrogens (tertiary/aromatic N) is 1. The lowest BCUT2D eigenvalue weighted by molar-refractivity contribution is 0.0694. The predicted octanol–water partition coefficient (Wildman–Crippen LogP) is 1.63. The van der Waals surface area contributed by atoms with Crippen molar-refractivity contribution in [3.8, 4) is 5.75 Å². The summed E-state index contributed by atoms with van der Waals surface area (Å²) in [5.74, 6) is -0.818. The van der Waals surface area contributed by atoms with Crippen LogP contribution in [0.2, 0.25) is 0 Å². The van der Waals surface area contributed by atoms with E-state index >= 15 is 0 Å². The lowest BCUT2D eigenvalue weighted by atomic mass is 10.1. The Labute approximate surface area is 105 Å². The third-order valence-electron chi connectivity index (χ3n) is 3.07. The Balaban J connectivity index is 2.32. The predicted molar refractivity (Wildman–Crippen MR) is 65.1 cm³/mol. The van der Waals surface area contributed by atoms with Crippen molar-refractivity contribution in [2.45, 2.75) is 12.8 Å². The summed E-state index contributed by atoms with van der Waals surface area (Å²) in [6.07, 6.45) is 2.03. The fraction of sp³-hybridized carbons (Fsp3) is 0.385. The van der Waals surface area contributed by atoms with Gasteiger partial charge in [0.05, 0.1) is 18.2 Å². The van der Waals surface area contributed by atoms with Crippen molar-refractivity contribution < 1.29 is 19.4 Å². The Bertz CT molecular complexity index is 478. The molecule has 2 rings (SSSR count). The second-order valence-corrected chi connectivity index (χ2v) is 4.22. The first kappa shape index (κ1) is 12.4. The summed E-state index contributed by atoms with van der Waals surface area (Å²) in [6, 6.07) is 4.32. The van der Waals surface area contributed by atoms with Gasteiger partial charge in [-0.1, -0.05) is 0 Å². The molecule has 18 heavy (non-hydrogen) atoms. The minimum absolute atomic E-state index is 0.0960. The molecule has 96 valence electrons. The largest absolute Gasteiger partial charge is 0.496 e. The third kappa shape index (κ3) is 2.30. The first-order valence-corrected chi connectivity index (χ1v) is 5.84. The maximum atomic E-state index is 12.2. The first-order valence-electron chi connectivity index (χ1n) is 5.84. The monoisotopic (exact) mass is 249 g/mol. The number of rotatable bonds is 3. The second kappa shape index (κ2) is 5.08. The van der Waals surface area contributed by atoms with E-state index in [0.29, 0.717) is 11.3 Å². The smallest absolute Gasteiger partial charge is 0.335 e. The summed E-state index contributed by atoms with van der Waals surface area (Å²) >= 11 is 0. The van der Waals surface area contributed by atoms with E-state index in [1.54, 1.807) is 4.90 Å². The van der Waals surface area contributed by atoms with Crippen LogP contribution in [0, 0.1) is 0 Å². The van der Waals surface area contributed by atoms with E-state index in [1.165, 1.54) is 25.3 Å². The Hall–Kier alpha value is -2.04. The van der Waals surface area contributed by atoms with Crippen molar-refractivity contribution in [3.05, 3.63) is 29.3 Å². The molecule has 1 amide bonds. The average molecular weight is 249 g/mol. The van der Waals surface area contributed by atoms with Gasteiger partial charge in [0, 0.05) is 13.1 Å². The Morgan fingerprint density at radius 3 is 2.50 bits per heavy atom. The summed E-state index contributed by atoms with van der Waals surface area (Å²) in [4.78, 5) is 24.8. The highest BCUT2D eigenvalue weighted by molar-refractivity contribution is 5.98. The number of carbonyl (C=O) groups excluding carboxylic acids is 1. The number of carboxylic acid groups (broad SMARTS) is 1. The lowest BCUT2D eigenvalue weighted by Crippen LogP contribution is -2.28. The number of hydrogen-bond acceptors (Lipinski definition) is 3. The minimum atomic E-state index is -1.03. The van der Waals surface area contributed by atoms with Crippen molar-refractivity contribution in [2.24, 2.45) is 0 Å². The molecular formula is C13H15NO4. The molecule has 0 saturated carbocycles. The number of hydrogen-bond donors (Lipinski definition) is 1. The van der Waals surface area contributed by atoms with Gasteiger partial charge < -0.3 is 14.7 Å². The molecule has 1 fully saturated rings. The number of amides is 1. The molecule has 1 aliphatic rings. The van der Waals surface area contributed by atoms with Crippen LogP contribution in [0.4, 0.5) is 0 Å². The fourth-order valence-corrected chi connectivity index (χ4v) is 2.09. The standard InChI is InChI=1S/C13H15NO4/c1-18-11-8-9(13(16)17)4-5-10(11)12(15)14-6-2-3-7-14/h4-5,8H,2-3,6-7H2,1H3,(H,16,17). The zero-order valence-electron chi connectivity index (χ0n) is 10.2. The Kier molecular flexibility index (Phi) is 3.50. The van der Waals surface area contributed by atoms with Crippen LogP contribution in [0.1, 0.15) is 33.6 Å². The van der Waals surface area contributed by atoms with Crippen molar-refractivity contribution >= 4 is 11.9 Å². The highest BCUT2D eigenvalue weighted by atomic mass is 16.5. The van der Waals surface area contributed by atoms with Crippen LogP contribution in [0.5, 0.6) is 5.75 Å². The quantitative estimate of drug-likeness (QED) is 0.884. The summed E-state index contributed by atoms with van der Waals surface area (Å²) < 4.78 is 5.11. The maximum absolute atomic E-state index is 12.2. The van der Waals surface area contributed by atoms with Gasteiger partial charge >= 0.3 is 5.97 Å². The zero-order valence-corrected chi connectivity index (χ0v) is 10.2. The summed E-state index contributed by atoms with van der Waals surface area (Å²) in [5.41, 5.74) is 0.536. The number of carboxylic acids is 1. The van der Waals surface area contributed by atoms with Gasteiger partial charge in [-0.25, -0.2) is 4.79 Å². The van der Waals surface area contributed by atoms with Crippen LogP contribution < -0.4 is 4.74 Å². The molecule has 5 nitrogen and oxygen atoms in total. The number of aromatic carboxylic acids is 1. The summed E-state index contributed by atoms with van der Waals surface area (Å²) in [5, 5.41) is 8.89. The molecule has 0 aliphatic carbocycles. The van der Waals surface area contributed by atoms with Crippen LogP contribution >= 0.6 is 0 Å². The van der Waals surface area contributed by atoms with E-state index in [-0.39, 0.29) is 11.5 Å². The topological polar surface area (TPSA) is 66.8 Å². The molecular weight excluding hydrogens is 234 g/mol. The van der Waals surface area contributed by atoms with Gasteiger partial charge in [0.2, 0.25) is 0 Å². The average Bonchev–Trinajstić information content (AvgIpc) is 2.90. The number of likely N-dealkylation sites (tertiary alicyclic amines) is 1. The fourth-order valence-electron chi connectivity index (χ4n) is 2.09. The third-order valence-corrected chi connectivity index (χ3v) is 3.07. The molecule has 0 spiro atoms. The number of ether oxygens (including phenoxy) is 1. The second-order valence-electron chi connectivity index (χ2n) is 4.22. The van der Waals surface area contributed by atoms with Crippen LogP contribution in [0.15, 0.2) is 18.2 Å². The molecule has 0 bridgehead atoms. The Morgan fingerprint density at radius 2 is 1.94 bits per heavy atom. The molecule has 1 heterocycles. The van der Waals surface area contributed by atoms with E-state index in [2.05, 4.69) is 0 Å². The van der Waals surface area contributed by atoms with E-state index in [4.69, 9.17) is 9.84 Å². The van der Waals surface area contributed by atoms with Gasteiger partial charge in [-0.15, -0.1) is 0 Å². The highest BCUT2D eigenvalue weighted by Crippen LogP contribution is 2.23. The zero-order chi connectivity index (χ0) is 13.1. The minimum Gasteiger partial charge on any atom is -0.496 e. The molecule has 0 aromatic heterocycles. The summed E-state index contributed by atoms with van der Waals surface area (Å²) in [7, 11) is 1.43. The normalized spacial score (nSPS) is 14.6. The van der Waals surface area contributed by atoms with Gasteiger partial charge in [-0.3, -0.25) is 4.79 Å². The van der Waals surface area contributed by atoms with Crippen molar-refractivity contribution in [2.75, 3.05) is 20.2 Å². The molecule has 0 radical (unpaired) electrons. The summed E-state index contributed by atoms with van der Waals surface area (Å²) in [6.45, 7) is 1.51. The highest BCUT2D eigenvalue weighted by Gasteiger charge is 2.23. The van der Waals surface area contributed by atoms with Crippen LogP contribution in [0.25, 0.3) is 0 Å². The van der Waals surface area contributed by atoms with E-state index in [9.17, 15) is 9.59 Å². The molecule has 1 N–H and O–H groups in total. The van der Waals surface area contributed by atoms with Gasteiger partial charge in [-0.2, -0.15) is 0 Å². The van der Waals surface area contributed by atoms with Crippen LogP contribution in [-0.2, 0) is 0 Å². The van der Waals surface area contributed by atoms with E-state index < -0.39 is 5.97 Å². The molecule has 1 aromatic rings. The van der Waals surface area contributed by atoms with Gasteiger partial charge in [0.25, 0.3) is 5.91 Å². The van der Waals surface area contributed by atoms with E-state index in [1.807, 2.05) is 0 Å². The van der Waals surface area contributed by atoms with Crippen molar-refractivity contribution in [1.82, 2.24) is 4.90 Å². The molecule has 1 aromatic carbocycles. The van der Waals surface area contributed by atoms with Gasteiger partial charge in [0.15, 0.2) is 0 Å². The van der Waals surface area contributed by atoms with Crippen LogP contribution in [0.3, 0.4) is 0 Å². The van der Waals surface area contributed by atoms with Gasteiger partial charge in [-0.05, 0) is 31.0 Å². The SMILES string of the molecule is COc1cc(C(=O)O)ccc1C(=O)N1CCCC1. The molecule has 5 heteroatoms. The number of methoxy groups -OCH3 is 1. The molecule has 1 aliphatic heterocycles. The maximum Gasteiger partial charge on any atom is 0.335 e. The van der Waals surface area contributed by atoms with Crippen molar-refractivity contribution in [3.63, 3.8) is 0 Å². The van der Waals surface area contributed by atoms with E-state index in [0.717, 1.165) is 25.9 Å². The molecule has 0 atom stereocenters. The Morgan fingerprint density at radius 1 is 1.28 bits per heavy atom. The van der Waals surface area contributed by atoms with Gasteiger partial charge in [0.1, 0.15) is 5.75 Å². The van der Waals surface area contributed by atoms with Crippen molar-refractivity contribution in [1.29, 1.82) is 0 Å². The lowest BCUT2D eigenvalue weighted by Gasteiger charge is -2.17. The number of carbonyl (C=O) groups is 2.